The highest BCUT2D eigenvalue weighted by Crippen LogP contribution is 2.11. The van der Waals surface area contributed by atoms with E-state index in [1.165, 1.54) is 0 Å². The van der Waals surface area contributed by atoms with E-state index in [-0.39, 0.29) is 18.6 Å². The summed E-state index contributed by atoms with van der Waals surface area (Å²) in [5, 5.41) is 12.4. The number of aliphatic hydroxyl groups is 1. The van der Waals surface area contributed by atoms with Crippen LogP contribution in [0.4, 0.5) is 0 Å². The standard InChI is InChI=1S/C13H19NO3/c1-2-17-13(16)8-9-14-12(10-15)11-6-4-3-5-7-11/h3-7,12,14-15H,2,8-10H2,1H3. The van der Waals surface area contributed by atoms with Crippen LogP contribution in [0.3, 0.4) is 0 Å². The minimum Gasteiger partial charge on any atom is -0.466 e. The zero-order chi connectivity index (χ0) is 12.5. The summed E-state index contributed by atoms with van der Waals surface area (Å²) >= 11 is 0. The van der Waals surface area contributed by atoms with Crippen molar-refractivity contribution in [2.75, 3.05) is 19.8 Å². The third-order valence-corrected chi connectivity index (χ3v) is 2.41. The van der Waals surface area contributed by atoms with Crippen LogP contribution in [-0.4, -0.2) is 30.8 Å². The molecule has 17 heavy (non-hydrogen) atoms. The summed E-state index contributed by atoms with van der Waals surface area (Å²) in [6.07, 6.45) is 0.317. The van der Waals surface area contributed by atoms with Gasteiger partial charge in [0.15, 0.2) is 0 Å². The molecular formula is C13H19NO3. The highest BCUT2D eigenvalue weighted by atomic mass is 16.5. The molecule has 0 heterocycles. The number of aliphatic hydroxyl groups excluding tert-OH is 1. The van der Waals surface area contributed by atoms with Crippen LogP contribution in [0.15, 0.2) is 30.3 Å². The van der Waals surface area contributed by atoms with Gasteiger partial charge in [0.25, 0.3) is 0 Å². The Balaban J connectivity index is 2.36. The van der Waals surface area contributed by atoms with Crippen LogP contribution in [0.2, 0.25) is 0 Å². The molecule has 1 unspecified atom stereocenters. The molecular weight excluding hydrogens is 218 g/mol. The van der Waals surface area contributed by atoms with Crippen molar-refractivity contribution in [1.29, 1.82) is 0 Å². The average molecular weight is 237 g/mol. The second kappa shape index (κ2) is 7.81. The molecule has 4 heteroatoms. The lowest BCUT2D eigenvalue weighted by Gasteiger charge is -2.16. The van der Waals surface area contributed by atoms with E-state index in [1.54, 1.807) is 6.92 Å². The third kappa shape index (κ3) is 4.97. The lowest BCUT2D eigenvalue weighted by atomic mass is 10.1. The zero-order valence-electron chi connectivity index (χ0n) is 10.1. The molecule has 1 atom stereocenters. The molecule has 4 nitrogen and oxygen atoms in total. The van der Waals surface area contributed by atoms with Gasteiger partial charge in [-0.3, -0.25) is 4.79 Å². The Morgan fingerprint density at radius 2 is 2.12 bits per heavy atom. The number of hydrogen-bond donors (Lipinski definition) is 2. The molecule has 1 rings (SSSR count). The molecule has 1 aromatic carbocycles. The Hall–Kier alpha value is -1.39. The molecule has 2 N–H and O–H groups in total. The van der Waals surface area contributed by atoms with E-state index in [0.717, 1.165) is 5.56 Å². The topological polar surface area (TPSA) is 58.6 Å². The summed E-state index contributed by atoms with van der Waals surface area (Å²) in [5.74, 6) is -0.218. The molecule has 0 radical (unpaired) electrons. The number of esters is 1. The van der Waals surface area contributed by atoms with Gasteiger partial charge in [0.05, 0.1) is 25.7 Å². The van der Waals surface area contributed by atoms with Crippen LogP contribution in [0.1, 0.15) is 24.9 Å². The highest BCUT2D eigenvalue weighted by molar-refractivity contribution is 5.69. The summed E-state index contributed by atoms with van der Waals surface area (Å²) in [5.41, 5.74) is 1.01. The Kier molecular flexibility index (Phi) is 6.29. The molecule has 0 saturated heterocycles. The van der Waals surface area contributed by atoms with E-state index in [9.17, 15) is 9.90 Å². The molecule has 94 valence electrons. The lowest BCUT2D eigenvalue weighted by molar-refractivity contribution is -0.143. The normalized spacial score (nSPS) is 12.1. The maximum absolute atomic E-state index is 11.1. The number of nitrogens with one attached hydrogen (secondary N) is 1. The summed E-state index contributed by atoms with van der Waals surface area (Å²) in [6, 6.07) is 9.52. The molecule has 0 saturated carbocycles. The van der Waals surface area contributed by atoms with Crippen molar-refractivity contribution in [3.63, 3.8) is 0 Å². The van der Waals surface area contributed by atoms with E-state index >= 15 is 0 Å². The fourth-order valence-corrected chi connectivity index (χ4v) is 1.55. The number of carbonyl (C=O) groups is 1. The Morgan fingerprint density at radius 3 is 2.71 bits per heavy atom. The fourth-order valence-electron chi connectivity index (χ4n) is 1.55. The van der Waals surface area contributed by atoms with E-state index in [0.29, 0.717) is 19.6 Å². The molecule has 0 aromatic heterocycles. The molecule has 0 fully saturated rings. The number of benzene rings is 1. The predicted octanol–water partition coefficient (Wildman–Crippen LogP) is 1.26. The maximum atomic E-state index is 11.1. The van der Waals surface area contributed by atoms with Crippen molar-refractivity contribution in [2.45, 2.75) is 19.4 Å². The molecule has 0 spiro atoms. The monoisotopic (exact) mass is 237 g/mol. The molecule has 0 aliphatic carbocycles. The Morgan fingerprint density at radius 1 is 1.41 bits per heavy atom. The Labute approximate surface area is 102 Å². The quantitative estimate of drug-likeness (QED) is 0.701. The van der Waals surface area contributed by atoms with Crippen LogP contribution in [0.25, 0.3) is 0 Å². The largest absolute Gasteiger partial charge is 0.466 e. The second-order valence-electron chi connectivity index (χ2n) is 3.65. The van der Waals surface area contributed by atoms with E-state index in [1.807, 2.05) is 30.3 Å². The van der Waals surface area contributed by atoms with E-state index < -0.39 is 0 Å². The number of carbonyl (C=O) groups excluding carboxylic acids is 1. The zero-order valence-corrected chi connectivity index (χ0v) is 10.1. The van der Waals surface area contributed by atoms with Crippen molar-refractivity contribution >= 4 is 5.97 Å². The van der Waals surface area contributed by atoms with Gasteiger partial charge in [-0.1, -0.05) is 30.3 Å². The summed E-state index contributed by atoms with van der Waals surface area (Å²) < 4.78 is 4.82. The van der Waals surface area contributed by atoms with Gasteiger partial charge in [0.2, 0.25) is 0 Å². The number of ether oxygens (including phenoxy) is 1. The summed E-state index contributed by atoms with van der Waals surface area (Å²) in [7, 11) is 0. The van der Waals surface area contributed by atoms with Gasteiger partial charge < -0.3 is 15.2 Å². The van der Waals surface area contributed by atoms with Crippen LogP contribution in [-0.2, 0) is 9.53 Å². The van der Waals surface area contributed by atoms with E-state index in [4.69, 9.17) is 4.74 Å². The summed E-state index contributed by atoms with van der Waals surface area (Å²) in [6.45, 7) is 2.69. The van der Waals surface area contributed by atoms with Crippen LogP contribution < -0.4 is 5.32 Å². The highest BCUT2D eigenvalue weighted by Gasteiger charge is 2.09. The van der Waals surface area contributed by atoms with Gasteiger partial charge in [-0.05, 0) is 12.5 Å². The SMILES string of the molecule is CCOC(=O)CCNC(CO)c1ccccc1. The van der Waals surface area contributed by atoms with Crippen molar-refractivity contribution in [1.82, 2.24) is 5.32 Å². The number of hydrogen-bond acceptors (Lipinski definition) is 4. The van der Waals surface area contributed by atoms with Gasteiger partial charge in [0.1, 0.15) is 0 Å². The first-order chi connectivity index (χ1) is 8.27. The van der Waals surface area contributed by atoms with E-state index in [2.05, 4.69) is 5.32 Å². The predicted molar refractivity (Wildman–Crippen MR) is 65.5 cm³/mol. The van der Waals surface area contributed by atoms with Gasteiger partial charge >= 0.3 is 5.97 Å². The van der Waals surface area contributed by atoms with Gasteiger partial charge in [0, 0.05) is 6.54 Å². The number of rotatable bonds is 7. The minimum absolute atomic E-state index is 0.00678. The molecule has 0 aliphatic heterocycles. The molecule has 0 bridgehead atoms. The third-order valence-electron chi connectivity index (χ3n) is 2.41. The average Bonchev–Trinajstić information content (AvgIpc) is 2.36. The van der Waals surface area contributed by atoms with Crippen molar-refractivity contribution in [2.24, 2.45) is 0 Å². The first-order valence-corrected chi connectivity index (χ1v) is 5.82. The summed E-state index contributed by atoms with van der Waals surface area (Å²) in [4.78, 5) is 11.1. The van der Waals surface area contributed by atoms with Gasteiger partial charge in [-0.2, -0.15) is 0 Å². The fraction of sp³-hybridized carbons (Fsp3) is 0.462. The van der Waals surface area contributed by atoms with Crippen LogP contribution in [0.5, 0.6) is 0 Å². The first-order valence-electron chi connectivity index (χ1n) is 5.82. The Bertz CT molecular complexity index is 327. The first kappa shape index (κ1) is 13.7. The second-order valence-corrected chi connectivity index (χ2v) is 3.65. The van der Waals surface area contributed by atoms with Gasteiger partial charge in [-0.25, -0.2) is 0 Å². The molecule has 0 amide bonds. The van der Waals surface area contributed by atoms with Crippen LogP contribution in [0, 0.1) is 0 Å². The smallest absolute Gasteiger partial charge is 0.307 e. The van der Waals surface area contributed by atoms with Crippen molar-refractivity contribution in [3.8, 4) is 0 Å². The van der Waals surface area contributed by atoms with Crippen molar-refractivity contribution < 1.29 is 14.6 Å². The van der Waals surface area contributed by atoms with Crippen LogP contribution >= 0.6 is 0 Å². The molecule has 0 aliphatic rings. The molecule has 1 aromatic rings. The van der Waals surface area contributed by atoms with Crippen molar-refractivity contribution in [3.05, 3.63) is 35.9 Å². The van der Waals surface area contributed by atoms with Gasteiger partial charge in [-0.15, -0.1) is 0 Å². The minimum atomic E-state index is -0.218. The lowest BCUT2D eigenvalue weighted by Crippen LogP contribution is -2.27. The maximum Gasteiger partial charge on any atom is 0.307 e.